The van der Waals surface area contributed by atoms with Crippen LogP contribution in [0.15, 0.2) is 46.0 Å². The van der Waals surface area contributed by atoms with Crippen LogP contribution in [0.1, 0.15) is 56.1 Å². The molecule has 2 N–H and O–H groups in total. The van der Waals surface area contributed by atoms with Gasteiger partial charge in [0, 0.05) is 46.9 Å². The van der Waals surface area contributed by atoms with Gasteiger partial charge in [-0.15, -0.1) is 11.3 Å². The molecule has 1 saturated heterocycles. The molecule has 1 aliphatic carbocycles. The number of thiazole rings is 1. The highest BCUT2D eigenvalue weighted by Crippen LogP contribution is 2.43. The van der Waals surface area contributed by atoms with E-state index in [1.807, 2.05) is 5.38 Å². The Labute approximate surface area is 242 Å². The van der Waals surface area contributed by atoms with Crippen LogP contribution < -0.4 is 5.32 Å². The van der Waals surface area contributed by atoms with E-state index >= 15 is 0 Å². The minimum Gasteiger partial charge on any atom is -0.466 e. The Hall–Kier alpha value is -2.38. The van der Waals surface area contributed by atoms with E-state index in [9.17, 15) is 22.7 Å². The Bertz CT molecular complexity index is 1440. The number of nitrogens with one attached hydrogen (secondary N) is 1. The summed E-state index contributed by atoms with van der Waals surface area (Å²) in [5.74, 6) is -0.896. The molecule has 0 radical (unpaired) electrons. The number of benzene rings is 1. The predicted octanol–water partition coefficient (Wildman–Crippen LogP) is 4.05. The number of hydrogen-bond acceptors (Lipinski definition) is 9. The molecule has 9 nitrogen and oxygen atoms in total. The Morgan fingerprint density at radius 1 is 1.27 bits per heavy atom. The van der Waals surface area contributed by atoms with Crippen LogP contribution in [0.25, 0.3) is 0 Å². The molecule has 13 heteroatoms. The van der Waals surface area contributed by atoms with E-state index in [0.29, 0.717) is 60.9 Å². The van der Waals surface area contributed by atoms with Crippen molar-refractivity contribution < 1.29 is 27.4 Å². The molecule has 5 rings (SSSR count). The van der Waals surface area contributed by atoms with Gasteiger partial charge in [-0.3, -0.25) is 4.99 Å². The number of aromatic nitrogens is 1. The molecule has 0 amide bonds. The van der Waals surface area contributed by atoms with Crippen molar-refractivity contribution in [3.63, 3.8) is 0 Å². The van der Waals surface area contributed by atoms with E-state index in [2.05, 4.69) is 10.3 Å². The number of allylic oxidation sites excluding steroid dienone is 1. The molecule has 2 aromatic rings. The molecule has 1 aromatic carbocycles. The molecular formula is C27H32ClFN4O5S2. The molecule has 1 atom stereocenters. The zero-order valence-electron chi connectivity index (χ0n) is 22.4. The molecule has 216 valence electrons. The summed E-state index contributed by atoms with van der Waals surface area (Å²) in [6, 6.07) is 3.08. The first-order valence-corrected chi connectivity index (χ1v) is 15.9. The standard InChI is InChI=1S/C27H32ClFN4O5S2/c1-27(2,35)16-12-18(13-16)40(36,37)33-9-6-15(7-10-33)22-21(26(34)38-3)23(19-5-4-17(29)14-20(19)28)32-24(31-22)25-30-8-11-39-25/h4-5,8,11,14-16,18,23,35H,6-7,9-10,12-13H2,1-3H3,(H,31,32)/t16?,18?,23-/m1/s1. The first-order chi connectivity index (χ1) is 18.9. The summed E-state index contributed by atoms with van der Waals surface area (Å²) in [4.78, 5) is 22.3. The maximum absolute atomic E-state index is 13.9. The summed E-state index contributed by atoms with van der Waals surface area (Å²) in [6.07, 6.45) is 3.48. The molecule has 3 heterocycles. The average molecular weight is 611 g/mol. The Balaban J connectivity index is 1.44. The maximum atomic E-state index is 13.9. The summed E-state index contributed by atoms with van der Waals surface area (Å²) in [5, 5.41) is 15.6. The van der Waals surface area contributed by atoms with Gasteiger partial charge in [-0.25, -0.2) is 26.9 Å². The van der Waals surface area contributed by atoms with Gasteiger partial charge < -0.3 is 15.2 Å². The highest BCUT2D eigenvalue weighted by Gasteiger charge is 2.48. The number of carbonyl (C=O) groups excluding carboxylic acids is 1. The number of ether oxygens (including phenoxy) is 1. The van der Waals surface area contributed by atoms with Crippen LogP contribution in [-0.2, 0) is 19.6 Å². The van der Waals surface area contributed by atoms with Crippen LogP contribution in [0.5, 0.6) is 0 Å². The first-order valence-electron chi connectivity index (χ1n) is 13.1. The summed E-state index contributed by atoms with van der Waals surface area (Å²) >= 11 is 7.81. The van der Waals surface area contributed by atoms with Crippen molar-refractivity contribution in [2.75, 3.05) is 20.2 Å². The topological polar surface area (TPSA) is 121 Å². The third kappa shape index (κ3) is 5.56. The van der Waals surface area contributed by atoms with E-state index in [4.69, 9.17) is 21.3 Å². The van der Waals surface area contributed by atoms with E-state index in [1.54, 1.807) is 20.0 Å². The van der Waals surface area contributed by atoms with Crippen LogP contribution in [0.4, 0.5) is 4.39 Å². The number of piperidine rings is 1. The highest BCUT2D eigenvalue weighted by atomic mass is 35.5. The first kappa shape index (κ1) is 29.1. The minimum atomic E-state index is -3.51. The SMILES string of the molecule is COC(=O)C1=C(C2CCN(S(=O)(=O)C3CC(C(C)(C)O)C3)CC2)NC(c2nccs2)=N[C@@H]1c1ccc(F)cc1Cl. The van der Waals surface area contributed by atoms with E-state index in [1.165, 1.54) is 41.0 Å². The lowest BCUT2D eigenvalue weighted by Gasteiger charge is -2.44. The van der Waals surface area contributed by atoms with Crippen molar-refractivity contribution in [3.05, 3.63) is 62.5 Å². The molecule has 2 fully saturated rings. The maximum Gasteiger partial charge on any atom is 0.338 e. The molecule has 0 spiro atoms. The second-order valence-electron chi connectivity index (χ2n) is 11.0. The summed E-state index contributed by atoms with van der Waals surface area (Å²) in [5.41, 5.74) is 0.385. The van der Waals surface area contributed by atoms with Crippen LogP contribution in [0.3, 0.4) is 0 Å². The molecule has 0 unspecified atom stereocenters. The van der Waals surface area contributed by atoms with Gasteiger partial charge in [-0.1, -0.05) is 17.7 Å². The number of aliphatic hydroxyl groups is 1. The lowest BCUT2D eigenvalue weighted by molar-refractivity contribution is -0.136. The molecule has 1 aromatic heterocycles. The van der Waals surface area contributed by atoms with Gasteiger partial charge in [0.25, 0.3) is 0 Å². The highest BCUT2D eigenvalue weighted by molar-refractivity contribution is 7.89. The fourth-order valence-corrected chi connectivity index (χ4v) is 8.57. The van der Waals surface area contributed by atoms with Crippen molar-refractivity contribution in [1.82, 2.24) is 14.6 Å². The number of esters is 1. The number of rotatable bonds is 7. The van der Waals surface area contributed by atoms with E-state index < -0.39 is 38.7 Å². The Morgan fingerprint density at radius 2 is 1.98 bits per heavy atom. The fourth-order valence-electron chi connectivity index (χ4n) is 5.61. The van der Waals surface area contributed by atoms with Crippen molar-refractivity contribution in [1.29, 1.82) is 0 Å². The number of hydrogen-bond donors (Lipinski definition) is 2. The van der Waals surface area contributed by atoms with Gasteiger partial charge in [0.1, 0.15) is 11.9 Å². The third-order valence-electron chi connectivity index (χ3n) is 8.11. The van der Waals surface area contributed by atoms with Crippen LogP contribution >= 0.6 is 22.9 Å². The largest absolute Gasteiger partial charge is 0.466 e. The number of methoxy groups -OCH3 is 1. The third-order valence-corrected chi connectivity index (χ3v) is 11.5. The second kappa shape index (κ2) is 11.1. The van der Waals surface area contributed by atoms with Gasteiger partial charge in [-0.2, -0.15) is 0 Å². The predicted molar refractivity (Wildman–Crippen MR) is 151 cm³/mol. The van der Waals surface area contributed by atoms with Crippen molar-refractivity contribution in [2.24, 2.45) is 16.8 Å². The van der Waals surface area contributed by atoms with Crippen LogP contribution in [-0.4, -0.2) is 65.7 Å². The lowest BCUT2D eigenvalue weighted by Crippen LogP contribution is -2.52. The molecule has 2 aliphatic heterocycles. The normalized spacial score (nSPS) is 24.8. The number of sulfonamides is 1. The minimum absolute atomic E-state index is 0.0391. The lowest BCUT2D eigenvalue weighted by atomic mass is 9.74. The fraction of sp³-hybridized carbons (Fsp3) is 0.519. The molecule has 3 aliphatic rings. The van der Waals surface area contributed by atoms with Crippen molar-refractivity contribution in [3.8, 4) is 0 Å². The molecule has 1 saturated carbocycles. The van der Waals surface area contributed by atoms with Gasteiger partial charge in [0.05, 0.1) is 23.5 Å². The second-order valence-corrected chi connectivity index (χ2v) is 14.5. The zero-order chi connectivity index (χ0) is 28.8. The Kier molecular flexibility index (Phi) is 8.10. The van der Waals surface area contributed by atoms with Gasteiger partial charge in [0.2, 0.25) is 10.0 Å². The zero-order valence-corrected chi connectivity index (χ0v) is 24.8. The van der Waals surface area contributed by atoms with E-state index in [0.717, 1.165) is 0 Å². The summed E-state index contributed by atoms with van der Waals surface area (Å²) in [6.45, 7) is 4.01. The van der Waals surface area contributed by atoms with Gasteiger partial charge >= 0.3 is 5.97 Å². The Morgan fingerprint density at radius 3 is 2.55 bits per heavy atom. The number of nitrogens with zero attached hydrogens (tertiary/aromatic N) is 3. The monoisotopic (exact) mass is 610 g/mol. The van der Waals surface area contributed by atoms with Crippen LogP contribution in [0.2, 0.25) is 5.02 Å². The number of carbonyl (C=O) groups is 1. The molecular weight excluding hydrogens is 579 g/mol. The summed E-state index contributed by atoms with van der Waals surface area (Å²) in [7, 11) is -2.22. The number of amidine groups is 1. The summed E-state index contributed by atoms with van der Waals surface area (Å²) < 4.78 is 47.2. The number of aliphatic imine (C=N–C) groups is 1. The van der Waals surface area contributed by atoms with E-state index in [-0.39, 0.29) is 22.4 Å². The van der Waals surface area contributed by atoms with Gasteiger partial charge in [-0.05, 0) is 57.6 Å². The van der Waals surface area contributed by atoms with Gasteiger partial charge in [0.15, 0.2) is 10.8 Å². The van der Waals surface area contributed by atoms with Crippen molar-refractivity contribution >= 4 is 44.8 Å². The molecule has 0 bridgehead atoms. The smallest absolute Gasteiger partial charge is 0.338 e. The number of halogens is 2. The average Bonchev–Trinajstić information content (AvgIpc) is 3.41. The van der Waals surface area contributed by atoms with Crippen molar-refractivity contribution in [2.45, 2.75) is 56.4 Å². The van der Waals surface area contributed by atoms with Crippen LogP contribution in [0, 0.1) is 17.7 Å². The quantitative estimate of drug-likeness (QED) is 0.454. The molecule has 40 heavy (non-hydrogen) atoms.